The molecule has 5 nitrogen and oxygen atoms in total. The van der Waals surface area contributed by atoms with Gasteiger partial charge in [0.15, 0.2) is 9.84 Å². The van der Waals surface area contributed by atoms with Crippen molar-refractivity contribution in [3.8, 4) is 0 Å². The Hall–Kier alpha value is -0.620. The van der Waals surface area contributed by atoms with E-state index in [1.165, 1.54) is 0 Å². The number of hydrogen-bond acceptors (Lipinski definition) is 4. The van der Waals surface area contributed by atoms with Crippen molar-refractivity contribution >= 4 is 15.7 Å². The first-order valence-corrected chi connectivity index (χ1v) is 7.18. The molecule has 1 N–H and O–H groups in total. The van der Waals surface area contributed by atoms with Gasteiger partial charge in [-0.2, -0.15) is 0 Å². The van der Waals surface area contributed by atoms with Gasteiger partial charge in [0.2, 0.25) is 5.91 Å². The summed E-state index contributed by atoms with van der Waals surface area (Å²) in [5.41, 5.74) is 0. The molecule has 1 heterocycles. The number of nitrogens with one attached hydrogen (secondary N) is 1. The Morgan fingerprint density at radius 3 is 2.60 bits per heavy atom. The molecule has 1 atom stereocenters. The summed E-state index contributed by atoms with van der Waals surface area (Å²) in [6, 6.07) is 0.157. The van der Waals surface area contributed by atoms with Gasteiger partial charge in [0.25, 0.3) is 0 Å². The van der Waals surface area contributed by atoms with E-state index in [0.29, 0.717) is 6.54 Å². The molecule has 0 spiro atoms. The highest BCUT2D eigenvalue weighted by Gasteiger charge is 2.26. The molecule has 88 valence electrons. The van der Waals surface area contributed by atoms with Crippen LogP contribution in [-0.2, 0) is 14.6 Å². The van der Waals surface area contributed by atoms with Crippen LogP contribution in [0.2, 0.25) is 0 Å². The monoisotopic (exact) mass is 234 g/mol. The quantitative estimate of drug-likeness (QED) is 0.694. The Morgan fingerprint density at radius 1 is 1.53 bits per heavy atom. The predicted octanol–water partition coefficient (Wildman–Crippen LogP) is -0.759. The van der Waals surface area contributed by atoms with Crippen molar-refractivity contribution < 1.29 is 13.2 Å². The molecule has 1 aliphatic heterocycles. The third-order valence-corrected chi connectivity index (χ3v) is 3.29. The molecule has 0 saturated carbocycles. The number of likely N-dealkylation sites (N-methyl/N-ethyl adjacent to an activating group) is 1. The van der Waals surface area contributed by atoms with Crippen LogP contribution >= 0.6 is 0 Å². The highest BCUT2D eigenvalue weighted by molar-refractivity contribution is 7.91. The van der Waals surface area contributed by atoms with Crippen LogP contribution in [0.15, 0.2) is 0 Å². The summed E-state index contributed by atoms with van der Waals surface area (Å²) in [6.07, 6.45) is 2.00. The predicted molar refractivity (Wildman–Crippen MR) is 58.4 cm³/mol. The minimum atomic E-state index is -3.22. The SMILES string of the molecule is CCN(C(=O)CS(C)(=O)=O)C1CCNC1. The second-order valence-corrected chi connectivity index (χ2v) is 6.04. The zero-order chi connectivity index (χ0) is 11.5. The molecule has 1 saturated heterocycles. The van der Waals surface area contributed by atoms with E-state index in [1.54, 1.807) is 4.90 Å². The van der Waals surface area contributed by atoms with Crippen LogP contribution in [0.1, 0.15) is 13.3 Å². The largest absolute Gasteiger partial charge is 0.338 e. The van der Waals surface area contributed by atoms with Gasteiger partial charge in [-0.05, 0) is 19.9 Å². The summed E-state index contributed by atoms with van der Waals surface area (Å²) < 4.78 is 22.0. The number of rotatable bonds is 4. The minimum absolute atomic E-state index is 0.157. The van der Waals surface area contributed by atoms with Crippen LogP contribution in [-0.4, -0.2) is 56.9 Å². The van der Waals surface area contributed by atoms with Crippen molar-refractivity contribution in [3.63, 3.8) is 0 Å². The average molecular weight is 234 g/mol. The molecule has 1 amide bonds. The third-order valence-electron chi connectivity index (χ3n) is 2.52. The fourth-order valence-corrected chi connectivity index (χ4v) is 2.47. The van der Waals surface area contributed by atoms with E-state index in [9.17, 15) is 13.2 Å². The number of carbonyl (C=O) groups is 1. The van der Waals surface area contributed by atoms with Crippen LogP contribution in [0.25, 0.3) is 0 Å². The lowest BCUT2D eigenvalue weighted by Gasteiger charge is -2.26. The molecular weight excluding hydrogens is 216 g/mol. The molecule has 0 aromatic heterocycles. The van der Waals surface area contributed by atoms with Gasteiger partial charge in [-0.1, -0.05) is 0 Å². The molecule has 0 aromatic carbocycles. The van der Waals surface area contributed by atoms with E-state index in [0.717, 1.165) is 25.8 Å². The molecule has 1 fully saturated rings. The van der Waals surface area contributed by atoms with Crippen molar-refractivity contribution in [3.05, 3.63) is 0 Å². The Kier molecular flexibility index (Phi) is 4.10. The maximum atomic E-state index is 11.7. The van der Waals surface area contributed by atoms with E-state index < -0.39 is 9.84 Å². The Labute approximate surface area is 90.7 Å². The summed E-state index contributed by atoms with van der Waals surface area (Å²) in [7, 11) is -3.22. The highest BCUT2D eigenvalue weighted by Crippen LogP contribution is 2.09. The van der Waals surface area contributed by atoms with E-state index in [2.05, 4.69) is 5.32 Å². The normalized spacial score (nSPS) is 21.6. The molecular formula is C9H18N2O3S. The Morgan fingerprint density at radius 2 is 2.20 bits per heavy atom. The molecule has 6 heteroatoms. The molecule has 0 aliphatic carbocycles. The lowest BCUT2D eigenvalue weighted by molar-refractivity contribution is -0.130. The zero-order valence-electron chi connectivity index (χ0n) is 9.19. The summed E-state index contributed by atoms with van der Waals surface area (Å²) in [5, 5.41) is 3.16. The number of amides is 1. The average Bonchev–Trinajstić information content (AvgIpc) is 2.54. The fourth-order valence-electron chi connectivity index (χ4n) is 1.85. The first-order valence-electron chi connectivity index (χ1n) is 5.12. The summed E-state index contributed by atoms with van der Waals surface area (Å²) >= 11 is 0. The second-order valence-electron chi connectivity index (χ2n) is 3.90. The van der Waals surface area contributed by atoms with Gasteiger partial charge in [0.05, 0.1) is 0 Å². The van der Waals surface area contributed by atoms with Crippen LogP contribution in [0, 0.1) is 0 Å². The van der Waals surface area contributed by atoms with Crippen LogP contribution in [0.5, 0.6) is 0 Å². The van der Waals surface area contributed by atoms with Gasteiger partial charge in [-0.3, -0.25) is 4.79 Å². The van der Waals surface area contributed by atoms with Crippen molar-refractivity contribution in [1.82, 2.24) is 10.2 Å². The van der Waals surface area contributed by atoms with E-state index in [1.807, 2.05) is 6.92 Å². The maximum absolute atomic E-state index is 11.7. The fraction of sp³-hybridized carbons (Fsp3) is 0.889. The van der Waals surface area contributed by atoms with Crippen molar-refractivity contribution in [1.29, 1.82) is 0 Å². The van der Waals surface area contributed by atoms with Gasteiger partial charge >= 0.3 is 0 Å². The van der Waals surface area contributed by atoms with E-state index in [-0.39, 0.29) is 17.7 Å². The van der Waals surface area contributed by atoms with E-state index >= 15 is 0 Å². The molecule has 1 unspecified atom stereocenters. The van der Waals surface area contributed by atoms with Gasteiger partial charge in [0, 0.05) is 25.4 Å². The van der Waals surface area contributed by atoms with Gasteiger partial charge < -0.3 is 10.2 Å². The Balaban J connectivity index is 2.61. The molecule has 0 radical (unpaired) electrons. The number of hydrogen-bond donors (Lipinski definition) is 1. The highest BCUT2D eigenvalue weighted by atomic mass is 32.2. The second kappa shape index (κ2) is 4.94. The van der Waals surface area contributed by atoms with Crippen molar-refractivity contribution in [2.45, 2.75) is 19.4 Å². The lowest BCUT2D eigenvalue weighted by Crippen LogP contribution is -2.44. The summed E-state index contributed by atoms with van der Waals surface area (Å²) in [5.74, 6) is -0.661. The molecule has 0 aromatic rings. The van der Waals surface area contributed by atoms with E-state index in [4.69, 9.17) is 0 Å². The van der Waals surface area contributed by atoms with Crippen molar-refractivity contribution in [2.24, 2.45) is 0 Å². The standard InChI is InChI=1S/C9H18N2O3S/c1-3-11(8-4-5-10-6-8)9(12)7-15(2,13)14/h8,10H,3-7H2,1-2H3. The smallest absolute Gasteiger partial charge is 0.238 e. The minimum Gasteiger partial charge on any atom is -0.338 e. The summed E-state index contributed by atoms with van der Waals surface area (Å²) in [4.78, 5) is 13.3. The molecule has 1 rings (SSSR count). The first-order chi connectivity index (χ1) is 6.94. The van der Waals surface area contributed by atoms with Gasteiger partial charge in [0.1, 0.15) is 5.75 Å². The number of sulfone groups is 1. The Bertz CT molecular complexity index is 320. The zero-order valence-corrected chi connectivity index (χ0v) is 10.0. The first kappa shape index (κ1) is 12.4. The number of nitrogens with zero attached hydrogens (tertiary/aromatic N) is 1. The third kappa shape index (κ3) is 3.79. The van der Waals surface area contributed by atoms with Crippen LogP contribution in [0.3, 0.4) is 0 Å². The van der Waals surface area contributed by atoms with Crippen LogP contribution in [0.4, 0.5) is 0 Å². The number of carbonyl (C=O) groups excluding carboxylic acids is 1. The van der Waals surface area contributed by atoms with Crippen LogP contribution < -0.4 is 5.32 Å². The molecule has 15 heavy (non-hydrogen) atoms. The molecule has 0 bridgehead atoms. The van der Waals surface area contributed by atoms with Crippen molar-refractivity contribution in [2.75, 3.05) is 31.6 Å². The lowest BCUT2D eigenvalue weighted by atomic mass is 10.2. The molecule has 1 aliphatic rings. The van der Waals surface area contributed by atoms with Gasteiger partial charge in [-0.25, -0.2) is 8.42 Å². The summed E-state index contributed by atoms with van der Waals surface area (Å²) in [6.45, 7) is 4.11. The topological polar surface area (TPSA) is 66.5 Å². The van der Waals surface area contributed by atoms with Gasteiger partial charge in [-0.15, -0.1) is 0 Å². The maximum Gasteiger partial charge on any atom is 0.238 e.